The molecule has 0 N–H and O–H groups in total. The van der Waals surface area contributed by atoms with Crippen LogP contribution in [0.25, 0.3) is 83.4 Å². The maximum atomic E-state index is 6.60. The van der Waals surface area contributed by atoms with Crippen LogP contribution in [-0.4, -0.2) is 19.4 Å². The van der Waals surface area contributed by atoms with Crippen molar-refractivity contribution in [3.05, 3.63) is 158 Å². The third-order valence-electron chi connectivity index (χ3n) is 9.82. The molecule has 0 radical (unpaired) electrons. The van der Waals surface area contributed by atoms with Crippen molar-refractivity contribution in [2.75, 3.05) is 0 Å². The van der Waals surface area contributed by atoms with Gasteiger partial charge in [-0.2, -0.15) is 0 Å². The van der Waals surface area contributed by atoms with Crippen molar-refractivity contribution in [2.24, 2.45) is 0 Å². The van der Waals surface area contributed by atoms with E-state index >= 15 is 0 Å². The number of ether oxygens (including phenoxy) is 2. The smallest absolute Gasteiger partial charge is 0.170 e. The van der Waals surface area contributed by atoms with E-state index in [1.165, 1.54) is 38.1 Å². The largest absolute Gasteiger partial charge is 0.450 e. The summed E-state index contributed by atoms with van der Waals surface area (Å²) >= 11 is 0. The first-order valence-electron chi connectivity index (χ1n) is 16.9. The van der Waals surface area contributed by atoms with Crippen LogP contribution in [0.15, 0.2) is 158 Å². The molecule has 0 amide bonds. The predicted molar refractivity (Wildman–Crippen MR) is 203 cm³/mol. The van der Waals surface area contributed by atoms with Crippen molar-refractivity contribution in [3.63, 3.8) is 0 Å². The number of fused-ring (bicyclic) bond motifs is 8. The molecular weight excluding hydrogens is 629 g/mol. The summed E-state index contributed by atoms with van der Waals surface area (Å²) in [6.07, 6.45) is 0. The third-order valence-corrected chi connectivity index (χ3v) is 9.82. The van der Waals surface area contributed by atoms with Crippen molar-refractivity contribution in [1.29, 1.82) is 0 Å². The number of hydrogen-bond acceptors (Lipinski definition) is 5. The Morgan fingerprint density at radius 1 is 0.333 bits per heavy atom. The van der Waals surface area contributed by atoms with Gasteiger partial charge in [-0.15, -0.1) is 0 Å². The van der Waals surface area contributed by atoms with E-state index in [-0.39, 0.29) is 0 Å². The SMILES string of the molecule is c1ccc(-c2nc(-c3ccccc3)nc(-c3ccc4c(c3)Oc3cc(-c5cc6c7ccccc7n7c8ccccc8c(c5)c67)ccc3O4)n2)cc1. The second-order valence-electron chi connectivity index (χ2n) is 12.9. The summed E-state index contributed by atoms with van der Waals surface area (Å²) in [7, 11) is 0. The summed E-state index contributed by atoms with van der Waals surface area (Å²) < 4.78 is 15.4. The second kappa shape index (κ2) is 10.7. The molecule has 3 aromatic heterocycles. The Morgan fingerprint density at radius 2 is 0.784 bits per heavy atom. The normalized spacial score (nSPS) is 12.2. The van der Waals surface area contributed by atoms with Crippen molar-refractivity contribution in [3.8, 4) is 68.3 Å². The monoisotopic (exact) mass is 654 g/mol. The molecule has 10 aromatic rings. The predicted octanol–water partition coefficient (Wildman–Crippen LogP) is 11.6. The van der Waals surface area contributed by atoms with E-state index in [0.717, 1.165) is 27.8 Å². The summed E-state index contributed by atoms with van der Waals surface area (Å²) in [5, 5.41) is 4.96. The Hall–Kier alpha value is -7.05. The van der Waals surface area contributed by atoms with Gasteiger partial charge in [0.15, 0.2) is 40.5 Å². The fraction of sp³-hybridized carbons (Fsp3) is 0. The van der Waals surface area contributed by atoms with Crippen LogP contribution in [0.5, 0.6) is 23.0 Å². The van der Waals surface area contributed by atoms with Gasteiger partial charge >= 0.3 is 0 Å². The van der Waals surface area contributed by atoms with E-state index < -0.39 is 0 Å². The molecule has 1 aliphatic heterocycles. The Morgan fingerprint density at radius 3 is 1.35 bits per heavy atom. The minimum absolute atomic E-state index is 0.555. The zero-order valence-electron chi connectivity index (χ0n) is 27.1. The maximum Gasteiger partial charge on any atom is 0.170 e. The first kappa shape index (κ1) is 27.9. The van der Waals surface area contributed by atoms with Gasteiger partial charge in [-0.1, -0.05) is 103 Å². The van der Waals surface area contributed by atoms with Crippen LogP contribution in [0.1, 0.15) is 0 Å². The molecule has 238 valence electrons. The van der Waals surface area contributed by atoms with Gasteiger partial charge in [-0.3, -0.25) is 0 Å². The Balaban J connectivity index is 1.01. The van der Waals surface area contributed by atoms with Gasteiger partial charge in [0.05, 0.1) is 16.6 Å². The van der Waals surface area contributed by atoms with Crippen LogP contribution in [0, 0.1) is 0 Å². The van der Waals surface area contributed by atoms with Crippen LogP contribution in [0.2, 0.25) is 0 Å². The minimum Gasteiger partial charge on any atom is -0.450 e. The summed E-state index contributed by atoms with van der Waals surface area (Å²) in [5.41, 5.74) is 8.50. The average molecular weight is 655 g/mol. The zero-order chi connectivity index (χ0) is 33.5. The van der Waals surface area contributed by atoms with E-state index in [1.54, 1.807) is 0 Å². The van der Waals surface area contributed by atoms with Crippen molar-refractivity contribution in [1.82, 2.24) is 19.4 Å². The van der Waals surface area contributed by atoms with Crippen LogP contribution in [0.4, 0.5) is 0 Å². The highest BCUT2D eigenvalue weighted by Gasteiger charge is 2.23. The molecule has 0 saturated carbocycles. The molecule has 6 heteroatoms. The Kier molecular flexibility index (Phi) is 5.86. The van der Waals surface area contributed by atoms with E-state index in [4.69, 9.17) is 24.4 Å². The van der Waals surface area contributed by atoms with E-state index in [9.17, 15) is 0 Å². The average Bonchev–Trinajstić information content (AvgIpc) is 3.72. The molecule has 6 nitrogen and oxygen atoms in total. The van der Waals surface area contributed by atoms with Gasteiger partial charge in [-0.05, 0) is 65.7 Å². The summed E-state index contributed by atoms with van der Waals surface area (Å²) in [6.45, 7) is 0. The van der Waals surface area contributed by atoms with Gasteiger partial charge in [-0.25, -0.2) is 15.0 Å². The molecule has 7 aromatic carbocycles. The van der Waals surface area contributed by atoms with Gasteiger partial charge in [0.2, 0.25) is 0 Å². The molecule has 0 aliphatic carbocycles. The van der Waals surface area contributed by atoms with Crippen LogP contribution in [0.3, 0.4) is 0 Å². The lowest BCUT2D eigenvalue weighted by atomic mass is 9.99. The number of hydrogen-bond donors (Lipinski definition) is 0. The number of aromatic nitrogens is 4. The van der Waals surface area contributed by atoms with Gasteiger partial charge in [0, 0.05) is 38.2 Å². The number of para-hydroxylation sites is 2. The topological polar surface area (TPSA) is 61.5 Å². The number of nitrogens with zero attached hydrogens (tertiary/aromatic N) is 4. The van der Waals surface area contributed by atoms with Gasteiger partial charge in [0.25, 0.3) is 0 Å². The fourth-order valence-corrected chi connectivity index (χ4v) is 7.45. The van der Waals surface area contributed by atoms with Gasteiger partial charge < -0.3 is 13.9 Å². The minimum atomic E-state index is 0.555. The molecular formula is C45H26N4O2. The van der Waals surface area contributed by atoms with Gasteiger partial charge in [0.1, 0.15) is 0 Å². The van der Waals surface area contributed by atoms with Crippen LogP contribution in [-0.2, 0) is 0 Å². The maximum absolute atomic E-state index is 6.60. The van der Waals surface area contributed by atoms with Crippen molar-refractivity contribution >= 4 is 38.1 Å². The third kappa shape index (κ3) is 4.33. The molecule has 0 atom stereocenters. The van der Waals surface area contributed by atoms with E-state index in [1.807, 2.05) is 84.9 Å². The van der Waals surface area contributed by atoms with Crippen LogP contribution < -0.4 is 9.47 Å². The second-order valence-corrected chi connectivity index (χ2v) is 12.9. The van der Waals surface area contributed by atoms with E-state index in [0.29, 0.717) is 40.5 Å². The lowest BCUT2D eigenvalue weighted by Crippen LogP contribution is -2.02. The molecule has 0 saturated heterocycles. The summed E-state index contributed by atoms with van der Waals surface area (Å²) in [5.74, 6) is 4.33. The number of benzene rings is 7. The standard InChI is InChI=1S/C45H26N4O2/c1-3-11-27(12-4-1)43-46-44(28-13-5-2-6-14-28)48-45(47-43)30-20-22-39-41(26-30)51-40-25-29(19-21-38(40)50-39)31-23-34-32-15-7-9-17-36(32)49-37-18-10-8-16-33(37)35(24-31)42(34)49/h1-26H. The first-order chi connectivity index (χ1) is 25.2. The molecule has 0 unspecified atom stereocenters. The lowest BCUT2D eigenvalue weighted by molar-refractivity contribution is 0.360. The molecule has 4 heterocycles. The quantitative estimate of drug-likeness (QED) is 0.189. The highest BCUT2D eigenvalue weighted by atomic mass is 16.6. The summed E-state index contributed by atoms with van der Waals surface area (Å²) in [4.78, 5) is 14.6. The highest BCUT2D eigenvalue weighted by Crippen LogP contribution is 2.49. The zero-order valence-corrected chi connectivity index (χ0v) is 27.1. The summed E-state index contributed by atoms with van der Waals surface area (Å²) in [6, 6.07) is 53.8. The lowest BCUT2D eigenvalue weighted by Gasteiger charge is -2.22. The molecule has 0 bridgehead atoms. The first-order valence-corrected chi connectivity index (χ1v) is 16.9. The van der Waals surface area contributed by atoms with Crippen molar-refractivity contribution in [2.45, 2.75) is 0 Å². The molecule has 11 rings (SSSR count). The molecule has 0 spiro atoms. The van der Waals surface area contributed by atoms with E-state index in [2.05, 4.69) is 77.2 Å². The van der Waals surface area contributed by atoms with Crippen molar-refractivity contribution < 1.29 is 9.47 Å². The highest BCUT2D eigenvalue weighted by molar-refractivity contribution is 6.24. The Labute approximate surface area is 292 Å². The Bertz CT molecular complexity index is 2830. The molecule has 51 heavy (non-hydrogen) atoms. The molecule has 0 fully saturated rings. The molecule has 1 aliphatic rings. The van der Waals surface area contributed by atoms with Crippen LogP contribution >= 0.6 is 0 Å². The fourth-order valence-electron chi connectivity index (χ4n) is 7.45. The number of rotatable bonds is 4.